The molecule has 0 bridgehead atoms. The maximum Gasteiger partial charge on any atom is 0.253 e. The Morgan fingerprint density at radius 1 is 1.07 bits per heavy atom. The van der Waals surface area contributed by atoms with Gasteiger partial charge in [-0.25, -0.2) is 0 Å². The van der Waals surface area contributed by atoms with E-state index in [1.165, 1.54) is 10.9 Å². The minimum atomic E-state index is -0.322. The Morgan fingerprint density at radius 3 is 2.70 bits per heavy atom. The molecule has 1 saturated heterocycles. The van der Waals surface area contributed by atoms with Gasteiger partial charge in [-0.05, 0) is 54.3 Å². The summed E-state index contributed by atoms with van der Waals surface area (Å²) in [5, 5.41) is 1.17. The average molecular weight is 361 g/mol. The molecule has 1 aliphatic rings. The highest BCUT2D eigenvalue weighted by molar-refractivity contribution is 5.96. The molecular formula is C22H23N3O2. The van der Waals surface area contributed by atoms with E-state index in [0.717, 1.165) is 24.0 Å². The van der Waals surface area contributed by atoms with Gasteiger partial charge in [-0.15, -0.1) is 0 Å². The number of aryl methyl sites for hydroxylation is 1. The summed E-state index contributed by atoms with van der Waals surface area (Å²) in [6, 6.07) is 16.1. The van der Waals surface area contributed by atoms with Crippen molar-refractivity contribution in [3.05, 3.63) is 60.3 Å². The van der Waals surface area contributed by atoms with Crippen LogP contribution in [0.2, 0.25) is 0 Å². The molecule has 0 aliphatic carbocycles. The van der Waals surface area contributed by atoms with Crippen LogP contribution < -0.4 is 5.73 Å². The molecule has 138 valence electrons. The van der Waals surface area contributed by atoms with Crippen LogP contribution >= 0.6 is 0 Å². The Hall–Kier alpha value is -3.08. The van der Waals surface area contributed by atoms with Gasteiger partial charge in [0.05, 0.1) is 5.92 Å². The third-order valence-electron chi connectivity index (χ3n) is 5.44. The third kappa shape index (κ3) is 3.33. The Balaban J connectivity index is 1.61. The first-order valence-electron chi connectivity index (χ1n) is 9.27. The lowest BCUT2D eigenvalue weighted by Gasteiger charge is -2.31. The van der Waals surface area contributed by atoms with E-state index in [1.54, 1.807) is 4.90 Å². The van der Waals surface area contributed by atoms with Crippen molar-refractivity contribution < 1.29 is 9.59 Å². The van der Waals surface area contributed by atoms with E-state index in [4.69, 9.17) is 5.73 Å². The summed E-state index contributed by atoms with van der Waals surface area (Å²) >= 11 is 0. The van der Waals surface area contributed by atoms with Gasteiger partial charge in [-0.3, -0.25) is 9.59 Å². The van der Waals surface area contributed by atoms with E-state index in [1.807, 2.05) is 37.5 Å². The van der Waals surface area contributed by atoms with Crippen LogP contribution in [0, 0.1) is 5.92 Å². The quantitative estimate of drug-likeness (QED) is 0.778. The molecule has 3 aromatic rings. The molecule has 2 heterocycles. The number of nitrogens with zero attached hydrogens (tertiary/aromatic N) is 2. The smallest absolute Gasteiger partial charge is 0.253 e. The molecule has 2 amide bonds. The van der Waals surface area contributed by atoms with Crippen molar-refractivity contribution in [3.63, 3.8) is 0 Å². The monoisotopic (exact) mass is 361 g/mol. The van der Waals surface area contributed by atoms with Crippen molar-refractivity contribution >= 4 is 22.7 Å². The van der Waals surface area contributed by atoms with Crippen molar-refractivity contribution in [1.29, 1.82) is 0 Å². The van der Waals surface area contributed by atoms with E-state index in [9.17, 15) is 9.59 Å². The largest absolute Gasteiger partial charge is 0.369 e. The first-order valence-corrected chi connectivity index (χ1v) is 9.27. The zero-order valence-electron chi connectivity index (χ0n) is 15.4. The third-order valence-corrected chi connectivity index (χ3v) is 5.44. The van der Waals surface area contributed by atoms with Gasteiger partial charge in [0.15, 0.2) is 0 Å². The van der Waals surface area contributed by atoms with Gasteiger partial charge in [-0.1, -0.05) is 18.2 Å². The minimum Gasteiger partial charge on any atom is -0.369 e. The molecule has 4 rings (SSSR count). The van der Waals surface area contributed by atoms with Gasteiger partial charge in [0, 0.05) is 42.8 Å². The predicted octanol–water partition coefficient (Wildman–Crippen LogP) is 3.18. The first kappa shape index (κ1) is 17.3. The summed E-state index contributed by atoms with van der Waals surface area (Å²) in [4.78, 5) is 26.2. The van der Waals surface area contributed by atoms with Crippen LogP contribution in [-0.2, 0) is 11.8 Å². The fraction of sp³-hybridized carbons (Fsp3) is 0.273. The van der Waals surface area contributed by atoms with Crippen LogP contribution in [0.3, 0.4) is 0 Å². The molecular weight excluding hydrogens is 338 g/mol. The number of amides is 2. The SMILES string of the molecule is Cn1ccc2cc(-c3cccc(C(=O)N4CCC[C@@H](C(N)=O)C4)c3)ccc21. The van der Waals surface area contributed by atoms with Crippen LogP contribution in [0.4, 0.5) is 0 Å². The second-order valence-corrected chi connectivity index (χ2v) is 7.27. The standard InChI is InChI=1S/C22H23N3O2/c1-24-11-9-17-12-16(7-8-20(17)24)15-4-2-5-18(13-15)22(27)25-10-3-6-19(14-25)21(23)26/h2,4-5,7-9,11-13,19H,3,6,10,14H2,1H3,(H2,23,26)/t19-/m1/s1. The number of fused-ring (bicyclic) bond motifs is 1. The topological polar surface area (TPSA) is 68.3 Å². The number of likely N-dealkylation sites (tertiary alicyclic amines) is 1. The summed E-state index contributed by atoms with van der Waals surface area (Å²) in [6.45, 7) is 1.08. The fourth-order valence-electron chi connectivity index (χ4n) is 3.87. The number of primary amides is 1. The van der Waals surface area contributed by atoms with E-state index in [2.05, 4.69) is 28.8 Å². The van der Waals surface area contributed by atoms with E-state index in [-0.39, 0.29) is 17.7 Å². The maximum atomic E-state index is 12.9. The van der Waals surface area contributed by atoms with Crippen molar-refractivity contribution in [2.45, 2.75) is 12.8 Å². The molecule has 27 heavy (non-hydrogen) atoms. The van der Waals surface area contributed by atoms with Crippen LogP contribution in [0.15, 0.2) is 54.7 Å². The molecule has 1 aliphatic heterocycles. The van der Waals surface area contributed by atoms with Crippen LogP contribution in [0.1, 0.15) is 23.2 Å². The van der Waals surface area contributed by atoms with Crippen molar-refractivity contribution in [2.24, 2.45) is 18.7 Å². The number of benzene rings is 2. The zero-order chi connectivity index (χ0) is 19.0. The molecule has 5 nitrogen and oxygen atoms in total. The molecule has 2 aromatic carbocycles. The second kappa shape index (κ2) is 6.91. The first-order chi connectivity index (χ1) is 13.0. The number of hydrogen-bond acceptors (Lipinski definition) is 2. The summed E-state index contributed by atoms with van der Waals surface area (Å²) in [6.07, 6.45) is 3.61. The fourth-order valence-corrected chi connectivity index (χ4v) is 3.87. The number of piperidine rings is 1. The molecule has 5 heteroatoms. The van der Waals surface area contributed by atoms with Crippen molar-refractivity contribution in [2.75, 3.05) is 13.1 Å². The van der Waals surface area contributed by atoms with E-state index >= 15 is 0 Å². The highest BCUT2D eigenvalue weighted by Gasteiger charge is 2.27. The number of hydrogen-bond donors (Lipinski definition) is 1. The molecule has 0 unspecified atom stereocenters. The number of carbonyl (C=O) groups excluding carboxylic acids is 2. The van der Waals surface area contributed by atoms with Gasteiger partial charge in [0.25, 0.3) is 5.91 Å². The van der Waals surface area contributed by atoms with Gasteiger partial charge < -0.3 is 15.2 Å². The summed E-state index contributed by atoms with van der Waals surface area (Å²) in [7, 11) is 2.03. The highest BCUT2D eigenvalue weighted by atomic mass is 16.2. The molecule has 2 N–H and O–H groups in total. The number of nitrogens with two attached hydrogens (primary N) is 1. The number of aromatic nitrogens is 1. The number of carbonyl (C=O) groups is 2. The molecule has 1 atom stereocenters. The molecule has 1 aromatic heterocycles. The van der Waals surface area contributed by atoms with Gasteiger partial charge in [-0.2, -0.15) is 0 Å². The summed E-state index contributed by atoms with van der Waals surface area (Å²) < 4.78 is 2.09. The summed E-state index contributed by atoms with van der Waals surface area (Å²) in [5.74, 6) is -0.604. The lowest BCUT2D eigenvalue weighted by atomic mass is 9.96. The van der Waals surface area contributed by atoms with Gasteiger partial charge in [0.2, 0.25) is 5.91 Å². The normalized spacial score (nSPS) is 17.2. The van der Waals surface area contributed by atoms with Crippen molar-refractivity contribution in [1.82, 2.24) is 9.47 Å². The van der Waals surface area contributed by atoms with Gasteiger partial charge >= 0.3 is 0 Å². The van der Waals surface area contributed by atoms with E-state index in [0.29, 0.717) is 18.7 Å². The maximum absolute atomic E-state index is 12.9. The van der Waals surface area contributed by atoms with Crippen molar-refractivity contribution in [3.8, 4) is 11.1 Å². The molecule has 0 saturated carbocycles. The van der Waals surface area contributed by atoms with Crippen LogP contribution in [0.5, 0.6) is 0 Å². The van der Waals surface area contributed by atoms with Crippen LogP contribution in [-0.4, -0.2) is 34.4 Å². The lowest BCUT2D eigenvalue weighted by molar-refractivity contribution is -0.123. The average Bonchev–Trinajstić information content (AvgIpc) is 3.08. The lowest BCUT2D eigenvalue weighted by Crippen LogP contribution is -2.44. The zero-order valence-corrected chi connectivity index (χ0v) is 15.4. The predicted molar refractivity (Wildman–Crippen MR) is 106 cm³/mol. The van der Waals surface area contributed by atoms with E-state index < -0.39 is 0 Å². The summed E-state index contributed by atoms with van der Waals surface area (Å²) in [5.41, 5.74) is 9.35. The Bertz CT molecular complexity index is 1020. The Kier molecular flexibility index (Phi) is 4.44. The highest BCUT2D eigenvalue weighted by Crippen LogP contribution is 2.26. The van der Waals surface area contributed by atoms with Crippen LogP contribution in [0.25, 0.3) is 22.0 Å². The number of rotatable bonds is 3. The Morgan fingerprint density at radius 2 is 1.89 bits per heavy atom. The minimum absolute atomic E-state index is 0.0383. The molecule has 0 radical (unpaired) electrons. The molecule has 1 fully saturated rings. The Labute approximate surface area is 158 Å². The van der Waals surface area contributed by atoms with Gasteiger partial charge in [0.1, 0.15) is 0 Å². The molecule has 0 spiro atoms. The second-order valence-electron chi connectivity index (χ2n) is 7.27.